The number of amides is 1. The van der Waals surface area contributed by atoms with Gasteiger partial charge in [0.25, 0.3) is 5.91 Å². The Morgan fingerprint density at radius 2 is 1.93 bits per heavy atom. The van der Waals surface area contributed by atoms with Gasteiger partial charge in [-0.2, -0.15) is 0 Å². The third kappa shape index (κ3) is 4.54. The van der Waals surface area contributed by atoms with Crippen LogP contribution in [-0.4, -0.2) is 39.5 Å². The maximum atomic E-state index is 15.1. The van der Waals surface area contributed by atoms with E-state index in [4.69, 9.17) is 11.5 Å². The summed E-state index contributed by atoms with van der Waals surface area (Å²) in [6.07, 6.45) is 10.1. The van der Waals surface area contributed by atoms with Crippen molar-refractivity contribution in [1.82, 2.24) is 14.9 Å². The van der Waals surface area contributed by atoms with Gasteiger partial charge in [-0.05, 0) is 55.5 Å². The molecule has 3 rings (SSSR count). The van der Waals surface area contributed by atoms with Gasteiger partial charge in [0.1, 0.15) is 5.67 Å². The fourth-order valence-corrected chi connectivity index (χ4v) is 3.38. The van der Waals surface area contributed by atoms with Crippen LogP contribution in [0.15, 0.2) is 66.9 Å². The maximum absolute atomic E-state index is 15.1. The van der Waals surface area contributed by atoms with Crippen LogP contribution < -0.4 is 11.5 Å². The highest BCUT2D eigenvalue weighted by molar-refractivity contribution is 5.99. The van der Waals surface area contributed by atoms with E-state index < -0.39 is 5.67 Å². The Kier molecular flexibility index (Phi) is 6.03. The van der Waals surface area contributed by atoms with Crippen LogP contribution in [0, 0.1) is 0 Å². The molecule has 0 bridgehead atoms. The molecule has 1 fully saturated rings. The largest absolute Gasteiger partial charge is 0.405 e. The number of halogens is 1. The summed E-state index contributed by atoms with van der Waals surface area (Å²) < 4.78 is 15.1. The predicted octanol–water partition coefficient (Wildman–Crippen LogP) is 2.79. The van der Waals surface area contributed by atoms with E-state index in [9.17, 15) is 4.79 Å². The van der Waals surface area contributed by atoms with E-state index in [1.54, 1.807) is 47.8 Å². The molecule has 6 nitrogen and oxygen atoms in total. The number of piperidine rings is 1. The third-order valence-electron chi connectivity index (χ3n) is 4.88. The first kappa shape index (κ1) is 19.5. The molecule has 2 aromatic rings. The number of nitrogens with zero attached hydrogens (tertiary/aromatic N) is 3. The van der Waals surface area contributed by atoms with Gasteiger partial charge in [-0.25, -0.2) is 4.39 Å². The molecule has 3 heterocycles. The van der Waals surface area contributed by atoms with Gasteiger partial charge in [-0.3, -0.25) is 14.8 Å². The van der Waals surface area contributed by atoms with Crippen molar-refractivity contribution in [3.8, 4) is 11.3 Å². The molecular weight excluding hydrogens is 357 g/mol. The summed E-state index contributed by atoms with van der Waals surface area (Å²) >= 11 is 0. The second-order valence-electron chi connectivity index (χ2n) is 6.88. The molecule has 1 aliphatic rings. The lowest BCUT2D eigenvalue weighted by atomic mass is 9.88. The number of rotatable bonds is 5. The number of pyridine rings is 2. The van der Waals surface area contributed by atoms with Gasteiger partial charge in [0, 0.05) is 49.4 Å². The van der Waals surface area contributed by atoms with E-state index in [1.807, 2.05) is 12.1 Å². The summed E-state index contributed by atoms with van der Waals surface area (Å²) in [5, 5.41) is 0. The van der Waals surface area contributed by atoms with Crippen LogP contribution >= 0.6 is 0 Å². The molecule has 0 saturated carbocycles. The van der Waals surface area contributed by atoms with E-state index in [2.05, 4.69) is 9.97 Å². The van der Waals surface area contributed by atoms with Crippen LogP contribution in [-0.2, 0) is 0 Å². The highest BCUT2D eigenvalue weighted by Gasteiger charge is 2.36. The Morgan fingerprint density at radius 3 is 2.61 bits per heavy atom. The van der Waals surface area contributed by atoms with E-state index in [0.717, 1.165) is 5.56 Å². The molecule has 1 saturated heterocycles. The lowest BCUT2D eigenvalue weighted by Gasteiger charge is -2.36. The molecule has 28 heavy (non-hydrogen) atoms. The van der Waals surface area contributed by atoms with E-state index >= 15 is 4.39 Å². The number of carbonyl (C=O) groups is 1. The van der Waals surface area contributed by atoms with Gasteiger partial charge >= 0.3 is 0 Å². The van der Waals surface area contributed by atoms with E-state index in [0.29, 0.717) is 30.0 Å². The van der Waals surface area contributed by atoms with Crippen LogP contribution in [0.5, 0.6) is 0 Å². The lowest BCUT2D eigenvalue weighted by molar-refractivity contribution is 0.0436. The number of alkyl halides is 1. The molecule has 0 atom stereocenters. The standard InChI is InChI=1S/C21H24FN5O/c22-21(15-17(24)3-1-9-23)7-13-27(14-8-21)20(28)18-4-2-10-26-19(18)16-5-11-25-12-6-16/h1-6,9-12H,7-8,13-15,23-24H2/b9-1-,17-3-. The molecule has 1 amide bonds. The maximum Gasteiger partial charge on any atom is 0.256 e. The minimum Gasteiger partial charge on any atom is -0.405 e. The van der Waals surface area contributed by atoms with Crippen molar-refractivity contribution in [3.63, 3.8) is 0 Å². The van der Waals surface area contributed by atoms with E-state index in [1.165, 1.54) is 6.20 Å². The lowest BCUT2D eigenvalue weighted by Crippen LogP contribution is -2.45. The van der Waals surface area contributed by atoms with Crippen LogP contribution in [0.25, 0.3) is 11.3 Å². The molecule has 0 aliphatic carbocycles. The fourth-order valence-electron chi connectivity index (χ4n) is 3.38. The van der Waals surface area contributed by atoms with Gasteiger partial charge in [-0.15, -0.1) is 0 Å². The summed E-state index contributed by atoms with van der Waals surface area (Å²) in [6.45, 7) is 0.667. The minimum absolute atomic E-state index is 0.133. The number of likely N-dealkylation sites (tertiary alicyclic amines) is 1. The Hall–Kier alpha value is -3.22. The monoisotopic (exact) mass is 381 g/mol. The predicted molar refractivity (Wildman–Crippen MR) is 107 cm³/mol. The first-order valence-electron chi connectivity index (χ1n) is 9.19. The SMILES string of the molecule is N/C=C\C=C(/N)CC1(F)CCN(C(=O)c2cccnc2-c2ccncc2)CC1. The van der Waals surface area contributed by atoms with Gasteiger partial charge in [0.05, 0.1) is 11.3 Å². The topological polar surface area (TPSA) is 98.1 Å². The van der Waals surface area contributed by atoms with E-state index in [-0.39, 0.29) is 25.2 Å². The molecule has 2 aromatic heterocycles. The van der Waals surface area contributed by atoms with Crippen molar-refractivity contribution in [2.45, 2.75) is 24.9 Å². The highest BCUT2D eigenvalue weighted by atomic mass is 19.1. The molecule has 4 N–H and O–H groups in total. The van der Waals surface area contributed by atoms with Crippen LogP contribution in [0.4, 0.5) is 4.39 Å². The smallest absolute Gasteiger partial charge is 0.256 e. The molecule has 0 radical (unpaired) electrons. The van der Waals surface area contributed by atoms with Crippen molar-refractivity contribution < 1.29 is 9.18 Å². The summed E-state index contributed by atoms with van der Waals surface area (Å²) in [7, 11) is 0. The summed E-state index contributed by atoms with van der Waals surface area (Å²) in [5.74, 6) is -0.142. The number of aromatic nitrogens is 2. The quantitative estimate of drug-likeness (QED) is 0.776. The van der Waals surface area contributed by atoms with Gasteiger partial charge in [0.15, 0.2) is 0 Å². The van der Waals surface area contributed by atoms with Crippen molar-refractivity contribution in [2.75, 3.05) is 13.1 Å². The zero-order valence-electron chi connectivity index (χ0n) is 15.6. The molecule has 0 spiro atoms. The normalized spacial score (nSPS) is 17.0. The Bertz CT molecular complexity index is 873. The van der Waals surface area contributed by atoms with Crippen molar-refractivity contribution in [3.05, 3.63) is 72.5 Å². The van der Waals surface area contributed by atoms with Crippen LogP contribution in [0.1, 0.15) is 29.6 Å². The second-order valence-corrected chi connectivity index (χ2v) is 6.88. The number of nitrogens with two attached hydrogens (primary N) is 2. The average molecular weight is 381 g/mol. The highest BCUT2D eigenvalue weighted by Crippen LogP contribution is 2.33. The fraction of sp³-hybridized carbons (Fsp3) is 0.286. The van der Waals surface area contributed by atoms with Crippen molar-refractivity contribution in [1.29, 1.82) is 0 Å². The van der Waals surface area contributed by atoms with Gasteiger partial charge in [-0.1, -0.05) is 0 Å². The van der Waals surface area contributed by atoms with Crippen molar-refractivity contribution in [2.24, 2.45) is 11.5 Å². The molecule has 146 valence electrons. The van der Waals surface area contributed by atoms with Crippen LogP contribution in [0.3, 0.4) is 0 Å². The zero-order valence-corrected chi connectivity index (χ0v) is 15.6. The van der Waals surface area contributed by atoms with Gasteiger partial charge in [0.2, 0.25) is 0 Å². The van der Waals surface area contributed by atoms with Gasteiger partial charge < -0.3 is 16.4 Å². The summed E-state index contributed by atoms with van der Waals surface area (Å²) in [5.41, 5.74) is 12.1. The molecule has 0 unspecified atom stereocenters. The zero-order chi connectivity index (χ0) is 20.0. The number of hydrogen-bond donors (Lipinski definition) is 2. The first-order valence-corrected chi connectivity index (χ1v) is 9.19. The Labute approximate surface area is 163 Å². The first-order chi connectivity index (χ1) is 13.5. The molecule has 7 heteroatoms. The number of hydrogen-bond acceptors (Lipinski definition) is 5. The molecular formula is C21H24FN5O. The molecule has 1 aliphatic heterocycles. The second kappa shape index (κ2) is 8.65. The third-order valence-corrected chi connectivity index (χ3v) is 4.88. The summed E-state index contributed by atoms with van der Waals surface area (Å²) in [4.78, 5) is 23.1. The van der Waals surface area contributed by atoms with Crippen molar-refractivity contribution >= 4 is 5.91 Å². The average Bonchev–Trinajstić information content (AvgIpc) is 2.73. The van der Waals surface area contributed by atoms with Crippen LogP contribution in [0.2, 0.25) is 0 Å². The minimum atomic E-state index is -1.41. The Morgan fingerprint density at radius 1 is 1.21 bits per heavy atom. The number of carbonyl (C=O) groups excluding carboxylic acids is 1. The Balaban J connectivity index is 1.71. The summed E-state index contributed by atoms with van der Waals surface area (Å²) in [6, 6.07) is 7.11. The molecule has 0 aromatic carbocycles. The number of allylic oxidation sites excluding steroid dienone is 3.